The second-order valence-electron chi connectivity index (χ2n) is 3.69. The van der Waals surface area contributed by atoms with E-state index in [4.69, 9.17) is 15.2 Å². The van der Waals surface area contributed by atoms with E-state index in [1.165, 1.54) is 6.20 Å². The van der Waals surface area contributed by atoms with E-state index in [1.54, 1.807) is 19.2 Å². The predicted octanol–water partition coefficient (Wildman–Crippen LogP) is 0.447. The van der Waals surface area contributed by atoms with Crippen molar-refractivity contribution in [3.63, 3.8) is 0 Å². The Balaban J connectivity index is 2.14. The monoisotopic (exact) mass is 253 g/mol. The topological polar surface area (TPSA) is 86.5 Å². The molecule has 0 aliphatic carbocycles. The van der Waals surface area contributed by atoms with Crippen molar-refractivity contribution >= 4 is 11.6 Å². The number of pyridine rings is 1. The van der Waals surface area contributed by atoms with Crippen LogP contribution in [-0.2, 0) is 9.47 Å². The van der Waals surface area contributed by atoms with Crippen molar-refractivity contribution < 1.29 is 14.3 Å². The van der Waals surface area contributed by atoms with Crippen molar-refractivity contribution in [3.05, 3.63) is 24.0 Å². The number of methoxy groups -OCH3 is 1. The molecule has 1 amide bonds. The fourth-order valence-corrected chi connectivity index (χ4v) is 1.28. The Kier molecular flexibility index (Phi) is 6.75. The van der Waals surface area contributed by atoms with E-state index < -0.39 is 0 Å². The van der Waals surface area contributed by atoms with E-state index in [0.29, 0.717) is 37.7 Å². The molecule has 6 nitrogen and oxygen atoms in total. The number of nitrogens with one attached hydrogen (secondary N) is 1. The van der Waals surface area contributed by atoms with E-state index in [0.717, 1.165) is 6.42 Å². The highest BCUT2D eigenvalue weighted by Crippen LogP contribution is 2.02. The first-order valence-electron chi connectivity index (χ1n) is 5.80. The number of hydrogen-bond donors (Lipinski definition) is 2. The molecule has 0 atom stereocenters. The molecule has 0 spiro atoms. The van der Waals surface area contributed by atoms with Gasteiger partial charge in [0, 0.05) is 32.1 Å². The second kappa shape index (κ2) is 8.43. The van der Waals surface area contributed by atoms with Crippen LogP contribution < -0.4 is 11.1 Å². The minimum Gasteiger partial charge on any atom is -0.399 e. The molecule has 100 valence electrons. The Bertz CT molecular complexity index is 371. The van der Waals surface area contributed by atoms with Crippen LogP contribution in [0.25, 0.3) is 0 Å². The molecule has 0 radical (unpaired) electrons. The van der Waals surface area contributed by atoms with Crippen molar-refractivity contribution in [2.45, 2.75) is 6.42 Å². The van der Waals surface area contributed by atoms with E-state index in [2.05, 4.69) is 10.3 Å². The number of anilines is 1. The highest BCUT2D eigenvalue weighted by atomic mass is 16.5. The standard InChI is InChI=1S/C12H19N3O3/c1-17-7-8-18-6-2-4-15-12(16)11-9-10(13)3-5-14-11/h3,5,9H,2,4,6-8H2,1H3,(H2,13,14)(H,15,16). The minimum absolute atomic E-state index is 0.223. The Hall–Kier alpha value is -1.66. The maximum absolute atomic E-state index is 11.6. The lowest BCUT2D eigenvalue weighted by Gasteiger charge is -2.06. The maximum Gasteiger partial charge on any atom is 0.269 e. The van der Waals surface area contributed by atoms with Crippen LogP contribution in [0.1, 0.15) is 16.9 Å². The summed E-state index contributed by atoms with van der Waals surface area (Å²) in [5.41, 5.74) is 6.42. The van der Waals surface area contributed by atoms with Gasteiger partial charge in [0.05, 0.1) is 13.2 Å². The molecular weight excluding hydrogens is 234 g/mol. The van der Waals surface area contributed by atoms with Gasteiger partial charge in [-0.15, -0.1) is 0 Å². The zero-order chi connectivity index (χ0) is 13.2. The summed E-state index contributed by atoms with van der Waals surface area (Å²) in [6, 6.07) is 3.19. The largest absolute Gasteiger partial charge is 0.399 e. The third kappa shape index (κ3) is 5.60. The molecule has 0 aliphatic heterocycles. The number of nitrogens with two attached hydrogens (primary N) is 1. The normalized spacial score (nSPS) is 10.3. The van der Waals surface area contributed by atoms with Gasteiger partial charge in [-0.2, -0.15) is 0 Å². The van der Waals surface area contributed by atoms with Crippen molar-refractivity contribution in [3.8, 4) is 0 Å². The molecule has 0 unspecified atom stereocenters. The molecule has 1 aromatic rings. The molecule has 0 saturated carbocycles. The van der Waals surface area contributed by atoms with Crippen LogP contribution in [0.3, 0.4) is 0 Å². The SMILES string of the molecule is COCCOCCCNC(=O)c1cc(N)ccn1. The van der Waals surface area contributed by atoms with Crippen molar-refractivity contribution in [2.75, 3.05) is 39.2 Å². The van der Waals surface area contributed by atoms with Gasteiger partial charge >= 0.3 is 0 Å². The minimum atomic E-state index is -0.223. The quantitative estimate of drug-likeness (QED) is 0.657. The number of aromatic nitrogens is 1. The average Bonchev–Trinajstić information content (AvgIpc) is 2.37. The first-order chi connectivity index (χ1) is 8.74. The van der Waals surface area contributed by atoms with Crippen LogP contribution in [-0.4, -0.2) is 44.4 Å². The molecular formula is C12H19N3O3. The number of ether oxygens (including phenoxy) is 2. The van der Waals surface area contributed by atoms with Gasteiger partial charge in [0.15, 0.2) is 0 Å². The molecule has 1 rings (SSSR count). The summed E-state index contributed by atoms with van der Waals surface area (Å²) in [4.78, 5) is 15.6. The van der Waals surface area contributed by atoms with E-state index >= 15 is 0 Å². The molecule has 6 heteroatoms. The third-order valence-corrected chi connectivity index (χ3v) is 2.20. The number of nitrogen functional groups attached to an aromatic ring is 1. The summed E-state index contributed by atoms with van der Waals surface area (Å²) in [7, 11) is 1.63. The lowest BCUT2D eigenvalue weighted by atomic mass is 10.3. The van der Waals surface area contributed by atoms with Gasteiger partial charge in [0.2, 0.25) is 0 Å². The highest BCUT2D eigenvalue weighted by molar-refractivity contribution is 5.92. The van der Waals surface area contributed by atoms with Gasteiger partial charge in [-0.25, -0.2) is 0 Å². The Morgan fingerprint density at radius 3 is 3.00 bits per heavy atom. The zero-order valence-corrected chi connectivity index (χ0v) is 10.5. The maximum atomic E-state index is 11.6. The van der Waals surface area contributed by atoms with Crippen LogP contribution in [0.2, 0.25) is 0 Å². The zero-order valence-electron chi connectivity index (χ0n) is 10.5. The third-order valence-electron chi connectivity index (χ3n) is 2.20. The number of nitrogens with zero attached hydrogens (tertiary/aromatic N) is 1. The predicted molar refractivity (Wildman–Crippen MR) is 68.3 cm³/mol. The summed E-state index contributed by atoms with van der Waals surface area (Å²) < 4.78 is 10.1. The van der Waals surface area contributed by atoms with Crippen LogP contribution in [0, 0.1) is 0 Å². The molecule has 18 heavy (non-hydrogen) atoms. The Morgan fingerprint density at radius 1 is 1.44 bits per heavy atom. The van der Waals surface area contributed by atoms with Gasteiger partial charge in [-0.3, -0.25) is 9.78 Å². The van der Waals surface area contributed by atoms with Crippen molar-refractivity contribution in [1.29, 1.82) is 0 Å². The smallest absolute Gasteiger partial charge is 0.269 e. The van der Waals surface area contributed by atoms with Gasteiger partial charge in [0.25, 0.3) is 5.91 Å². The lowest BCUT2D eigenvalue weighted by Crippen LogP contribution is -2.26. The first-order valence-corrected chi connectivity index (χ1v) is 5.80. The molecule has 3 N–H and O–H groups in total. The lowest BCUT2D eigenvalue weighted by molar-refractivity contribution is 0.0688. The number of amides is 1. The van der Waals surface area contributed by atoms with Crippen molar-refractivity contribution in [1.82, 2.24) is 10.3 Å². The first kappa shape index (κ1) is 14.4. The van der Waals surface area contributed by atoms with Crippen molar-refractivity contribution in [2.24, 2.45) is 0 Å². The summed E-state index contributed by atoms with van der Waals surface area (Å²) in [5, 5.41) is 2.75. The van der Waals surface area contributed by atoms with Crippen LogP contribution in [0.15, 0.2) is 18.3 Å². The molecule has 1 aromatic heterocycles. The summed E-state index contributed by atoms with van der Waals surface area (Å²) in [5.74, 6) is -0.223. The highest BCUT2D eigenvalue weighted by Gasteiger charge is 2.05. The number of carbonyl (C=O) groups is 1. The van der Waals surface area contributed by atoms with E-state index in [9.17, 15) is 4.79 Å². The molecule has 0 saturated heterocycles. The fourth-order valence-electron chi connectivity index (χ4n) is 1.28. The van der Waals surface area contributed by atoms with Gasteiger partial charge in [-0.1, -0.05) is 0 Å². The van der Waals surface area contributed by atoms with E-state index in [1.807, 2.05) is 0 Å². The second-order valence-corrected chi connectivity index (χ2v) is 3.69. The Labute approximate surface area is 106 Å². The molecule has 1 heterocycles. The van der Waals surface area contributed by atoms with Crippen LogP contribution >= 0.6 is 0 Å². The fraction of sp³-hybridized carbons (Fsp3) is 0.500. The van der Waals surface area contributed by atoms with Gasteiger partial charge < -0.3 is 20.5 Å². The Morgan fingerprint density at radius 2 is 2.28 bits per heavy atom. The molecule has 0 fully saturated rings. The van der Waals surface area contributed by atoms with Gasteiger partial charge in [-0.05, 0) is 18.6 Å². The number of hydrogen-bond acceptors (Lipinski definition) is 5. The summed E-state index contributed by atoms with van der Waals surface area (Å²) in [6.07, 6.45) is 2.26. The van der Waals surface area contributed by atoms with Crippen LogP contribution in [0.5, 0.6) is 0 Å². The van der Waals surface area contributed by atoms with E-state index in [-0.39, 0.29) is 5.91 Å². The number of carbonyl (C=O) groups excluding carboxylic acids is 1. The molecule has 0 bridgehead atoms. The molecule has 0 aromatic carbocycles. The average molecular weight is 253 g/mol. The number of rotatable bonds is 8. The summed E-state index contributed by atoms with van der Waals surface area (Å²) >= 11 is 0. The van der Waals surface area contributed by atoms with Gasteiger partial charge in [0.1, 0.15) is 5.69 Å². The molecule has 0 aliphatic rings. The summed E-state index contributed by atoms with van der Waals surface area (Å²) in [6.45, 7) is 2.29. The van der Waals surface area contributed by atoms with Crippen LogP contribution in [0.4, 0.5) is 5.69 Å².